The van der Waals surface area contributed by atoms with Gasteiger partial charge in [-0.2, -0.15) is 0 Å². The molecule has 0 aliphatic heterocycles. The first-order valence-corrected chi connectivity index (χ1v) is 17.6. The highest BCUT2D eigenvalue weighted by Crippen LogP contribution is 2.48. The van der Waals surface area contributed by atoms with E-state index < -0.39 is 6.89 Å². The molecule has 214 valence electrons. The van der Waals surface area contributed by atoms with Crippen LogP contribution in [0, 0.1) is 0 Å². The Morgan fingerprint density at radius 2 is 0.848 bits per heavy atom. The summed E-state index contributed by atoms with van der Waals surface area (Å²) in [5, 5.41) is 17.8. The SMILES string of the molecule is C=P(c1cccc(-c2ccccn2)n1)(c1ccc2ccc3cccc4ccc1c2c34)c1ccc2ccc3cccc4ccc1c2c34. The highest BCUT2D eigenvalue weighted by atomic mass is 31.2. The molecule has 46 heavy (non-hydrogen) atoms. The molecule has 2 heterocycles. The van der Waals surface area contributed by atoms with Crippen molar-refractivity contribution in [3.8, 4) is 11.4 Å². The lowest BCUT2D eigenvalue weighted by molar-refractivity contribution is 1.27. The van der Waals surface area contributed by atoms with E-state index in [1.807, 2.05) is 24.4 Å². The zero-order valence-corrected chi connectivity index (χ0v) is 25.9. The van der Waals surface area contributed by atoms with Gasteiger partial charge in [0, 0.05) is 6.20 Å². The predicted molar refractivity (Wildman–Crippen MR) is 201 cm³/mol. The van der Waals surface area contributed by atoms with Crippen LogP contribution in [-0.2, 0) is 0 Å². The fourth-order valence-corrected chi connectivity index (χ4v) is 11.0. The van der Waals surface area contributed by atoms with Crippen molar-refractivity contribution in [3.05, 3.63) is 152 Å². The van der Waals surface area contributed by atoms with Crippen LogP contribution in [-0.4, -0.2) is 16.3 Å². The molecule has 0 unspecified atom stereocenters. The van der Waals surface area contributed by atoms with E-state index in [2.05, 4.69) is 132 Å². The molecule has 0 atom stereocenters. The minimum Gasteiger partial charge on any atom is -0.255 e. The van der Waals surface area contributed by atoms with Gasteiger partial charge < -0.3 is 0 Å². The number of rotatable bonds is 4. The van der Waals surface area contributed by atoms with E-state index in [0.29, 0.717) is 0 Å². The van der Waals surface area contributed by atoms with E-state index in [9.17, 15) is 0 Å². The van der Waals surface area contributed by atoms with Crippen LogP contribution in [0.1, 0.15) is 0 Å². The highest BCUT2D eigenvalue weighted by molar-refractivity contribution is 7.94. The Hall–Kier alpha value is -5.56. The first-order chi connectivity index (χ1) is 22.7. The summed E-state index contributed by atoms with van der Waals surface area (Å²) in [4.78, 5) is 10.1. The summed E-state index contributed by atoms with van der Waals surface area (Å²) >= 11 is 0. The van der Waals surface area contributed by atoms with Crippen LogP contribution < -0.4 is 16.0 Å². The first-order valence-electron chi connectivity index (χ1n) is 15.7. The minimum atomic E-state index is -2.58. The normalized spacial score (nSPS) is 12.4. The number of nitrogens with zero attached hydrogens (tertiary/aromatic N) is 2. The van der Waals surface area contributed by atoms with Crippen molar-refractivity contribution in [2.75, 3.05) is 0 Å². The monoisotopic (exact) mass is 602 g/mol. The van der Waals surface area contributed by atoms with E-state index in [-0.39, 0.29) is 0 Å². The van der Waals surface area contributed by atoms with Gasteiger partial charge >= 0.3 is 0 Å². The average Bonchev–Trinajstić information content (AvgIpc) is 3.13. The van der Waals surface area contributed by atoms with Gasteiger partial charge in [-0.1, -0.05) is 128 Å². The molecule has 0 saturated heterocycles. The summed E-state index contributed by atoms with van der Waals surface area (Å²) in [6.45, 7) is -2.58. The summed E-state index contributed by atoms with van der Waals surface area (Å²) in [5.41, 5.74) is 2.73. The van der Waals surface area contributed by atoms with Gasteiger partial charge in [-0.3, -0.25) is 4.98 Å². The van der Waals surface area contributed by atoms with Gasteiger partial charge in [0.05, 0.1) is 16.8 Å². The molecule has 0 radical (unpaired) electrons. The third kappa shape index (κ3) is 3.48. The predicted octanol–water partition coefficient (Wildman–Crippen LogP) is 9.66. The summed E-state index contributed by atoms with van der Waals surface area (Å²) in [5.74, 6) is 0. The van der Waals surface area contributed by atoms with Crippen LogP contribution in [0.2, 0.25) is 0 Å². The van der Waals surface area contributed by atoms with E-state index >= 15 is 0 Å². The van der Waals surface area contributed by atoms with Crippen molar-refractivity contribution in [1.82, 2.24) is 9.97 Å². The average molecular weight is 603 g/mol. The third-order valence-electron chi connectivity index (χ3n) is 9.89. The molecule has 0 spiro atoms. The van der Waals surface area contributed by atoms with Gasteiger partial charge in [-0.25, -0.2) is 4.98 Å². The van der Waals surface area contributed by atoms with Crippen molar-refractivity contribution in [3.63, 3.8) is 0 Å². The lowest BCUT2D eigenvalue weighted by Gasteiger charge is -2.30. The Bertz CT molecular complexity index is 2650. The van der Waals surface area contributed by atoms with Gasteiger partial charge in [0.15, 0.2) is 0 Å². The van der Waals surface area contributed by atoms with Crippen molar-refractivity contribution in [2.45, 2.75) is 0 Å². The van der Waals surface area contributed by atoms with Crippen LogP contribution in [0.3, 0.4) is 0 Å². The van der Waals surface area contributed by atoms with Gasteiger partial charge in [-0.15, -0.1) is 0 Å². The highest BCUT2D eigenvalue weighted by Gasteiger charge is 2.29. The van der Waals surface area contributed by atoms with Crippen LogP contribution in [0.5, 0.6) is 0 Å². The molecule has 10 rings (SSSR count). The molecular weight excluding hydrogens is 575 g/mol. The van der Waals surface area contributed by atoms with Crippen molar-refractivity contribution in [2.24, 2.45) is 0 Å². The number of aromatic nitrogens is 2. The quantitative estimate of drug-likeness (QED) is 0.148. The molecule has 0 N–H and O–H groups in total. The number of hydrogen-bond acceptors (Lipinski definition) is 2. The van der Waals surface area contributed by atoms with Crippen molar-refractivity contribution in [1.29, 1.82) is 0 Å². The fraction of sp³-hybridized carbons (Fsp3) is 0. The van der Waals surface area contributed by atoms with E-state index in [1.165, 1.54) is 75.2 Å². The van der Waals surface area contributed by atoms with Gasteiger partial charge in [0.1, 0.15) is 0 Å². The molecule has 0 bridgehead atoms. The van der Waals surface area contributed by atoms with E-state index in [4.69, 9.17) is 11.3 Å². The number of benzene rings is 8. The first kappa shape index (κ1) is 25.7. The Kier molecular flexibility index (Phi) is 5.30. The molecule has 10 aromatic rings. The maximum atomic E-state index is 5.41. The molecule has 8 aromatic carbocycles. The number of pyridine rings is 2. The zero-order chi connectivity index (χ0) is 30.4. The largest absolute Gasteiger partial charge is 0.255 e. The Morgan fingerprint density at radius 1 is 0.391 bits per heavy atom. The Balaban J connectivity index is 1.36. The smallest absolute Gasteiger partial charge is 0.0894 e. The summed E-state index contributed by atoms with van der Waals surface area (Å²) < 4.78 is 0. The lowest BCUT2D eigenvalue weighted by atomic mass is 9.94. The van der Waals surface area contributed by atoms with Crippen molar-refractivity contribution < 1.29 is 0 Å². The maximum Gasteiger partial charge on any atom is 0.0894 e. The van der Waals surface area contributed by atoms with Crippen LogP contribution in [0.25, 0.3) is 76.0 Å². The fourth-order valence-electron chi connectivity index (χ4n) is 7.77. The third-order valence-corrected chi connectivity index (χ3v) is 13.3. The second kappa shape index (κ2) is 9.47. The Morgan fingerprint density at radius 3 is 1.37 bits per heavy atom. The molecule has 0 fully saturated rings. The topological polar surface area (TPSA) is 25.8 Å². The molecule has 0 aliphatic carbocycles. The molecule has 2 aromatic heterocycles. The van der Waals surface area contributed by atoms with Crippen LogP contribution in [0.4, 0.5) is 0 Å². The summed E-state index contributed by atoms with van der Waals surface area (Å²) in [6.07, 6.45) is 7.14. The summed E-state index contributed by atoms with van der Waals surface area (Å²) in [6, 6.07) is 53.0. The van der Waals surface area contributed by atoms with E-state index in [1.54, 1.807) is 0 Å². The van der Waals surface area contributed by atoms with Crippen LogP contribution in [0.15, 0.2) is 152 Å². The molecule has 0 saturated carbocycles. The Labute approximate surface area is 266 Å². The van der Waals surface area contributed by atoms with E-state index in [0.717, 1.165) is 16.8 Å². The summed E-state index contributed by atoms with van der Waals surface area (Å²) in [7, 11) is 0. The molecule has 2 nitrogen and oxygen atoms in total. The van der Waals surface area contributed by atoms with Gasteiger partial charge in [0.25, 0.3) is 0 Å². The van der Waals surface area contributed by atoms with Crippen molar-refractivity contribution >= 4 is 93.9 Å². The molecule has 0 aliphatic rings. The molecule has 0 amide bonds. The standard InChI is InChI=1S/C43H27N2P/c1-46(39-13-6-12-36(45-39)35-11-2-3-26-44-35,37-24-20-31-16-14-27-7-4-9-29-18-22-33(37)42(31)40(27)29)38-25-21-32-17-15-28-8-5-10-30-19-23-34(38)43(32)41(28)30/h2-26H,1H2. The minimum absolute atomic E-state index is 0.863. The lowest BCUT2D eigenvalue weighted by Crippen LogP contribution is -2.29. The zero-order valence-electron chi connectivity index (χ0n) is 25.0. The van der Waals surface area contributed by atoms with Gasteiger partial charge in [-0.05, 0) is 106 Å². The molecule has 3 heteroatoms. The van der Waals surface area contributed by atoms with Gasteiger partial charge in [0.2, 0.25) is 0 Å². The second-order valence-corrected chi connectivity index (χ2v) is 15.3. The maximum absolute atomic E-state index is 5.41. The van der Waals surface area contributed by atoms with Crippen LogP contribution >= 0.6 is 6.89 Å². The second-order valence-electron chi connectivity index (χ2n) is 12.3. The molecular formula is C43H27N2P. The number of hydrogen-bond donors (Lipinski definition) is 0.